The zero-order valence-corrected chi connectivity index (χ0v) is 14.5. The molecule has 0 aliphatic heterocycles. The van der Waals surface area contributed by atoms with Gasteiger partial charge in [-0.3, -0.25) is 0 Å². The Hall–Kier alpha value is -1.33. The molecule has 0 heterocycles. The number of ether oxygens (including phenoxy) is 1. The maximum Gasteiger partial charge on any atom is 0.328 e. The van der Waals surface area contributed by atoms with Gasteiger partial charge in [0.2, 0.25) is 0 Å². The molecule has 0 spiro atoms. The molecular formula is C16H22BrNO3. The van der Waals surface area contributed by atoms with Crippen molar-refractivity contribution in [1.82, 2.24) is 4.90 Å². The lowest BCUT2D eigenvalue weighted by Crippen LogP contribution is -2.19. The first-order chi connectivity index (χ1) is 9.81. The number of aliphatic carboxylic acids is 1. The predicted octanol–water partition coefficient (Wildman–Crippen LogP) is 3.61. The van der Waals surface area contributed by atoms with Crippen molar-refractivity contribution in [3.8, 4) is 5.75 Å². The van der Waals surface area contributed by atoms with Gasteiger partial charge in [0.25, 0.3) is 0 Å². The van der Waals surface area contributed by atoms with Crippen molar-refractivity contribution in [2.45, 2.75) is 19.8 Å². The molecule has 1 aromatic rings. The van der Waals surface area contributed by atoms with E-state index in [1.165, 1.54) is 0 Å². The third kappa shape index (κ3) is 5.89. The van der Waals surface area contributed by atoms with E-state index in [1.54, 1.807) is 6.08 Å². The first kappa shape index (κ1) is 17.7. The van der Waals surface area contributed by atoms with Gasteiger partial charge in [-0.25, -0.2) is 4.79 Å². The van der Waals surface area contributed by atoms with Gasteiger partial charge in [-0.05, 0) is 59.7 Å². The highest BCUT2D eigenvalue weighted by atomic mass is 79.9. The Bertz CT molecular complexity index is 524. The normalized spacial score (nSPS) is 11.6. The zero-order chi connectivity index (χ0) is 16.0. The minimum Gasteiger partial charge on any atom is -0.490 e. The van der Waals surface area contributed by atoms with E-state index in [2.05, 4.69) is 29.8 Å². The number of hydrogen-bond acceptors (Lipinski definition) is 3. The molecule has 1 N–H and O–H groups in total. The van der Waals surface area contributed by atoms with Crippen LogP contribution in [-0.4, -0.2) is 43.2 Å². The number of benzene rings is 1. The van der Waals surface area contributed by atoms with Crippen LogP contribution in [-0.2, 0) is 4.79 Å². The summed E-state index contributed by atoms with van der Waals surface area (Å²) in [6.45, 7) is 5.53. The lowest BCUT2D eigenvalue weighted by atomic mass is 10.00. The monoisotopic (exact) mass is 355 g/mol. The maximum atomic E-state index is 10.7. The fraction of sp³-hybridized carbons (Fsp3) is 0.438. The van der Waals surface area contributed by atoms with Crippen molar-refractivity contribution >= 4 is 28.0 Å². The molecule has 0 aliphatic carbocycles. The number of rotatable bonds is 7. The Morgan fingerprint density at radius 2 is 2.10 bits per heavy atom. The van der Waals surface area contributed by atoms with Crippen LogP contribution < -0.4 is 4.74 Å². The summed E-state index contributed by atoms with van der Waals surface area (Å²) in [6, 6.07) is 3.99. The molecule has 1 aromatic carbocycles. The van der Waals surface area contributed by atoms with E-state index >= 15 is 0 Å². The van der Waals surface area contributed by atoms with Crippen LogP contribution >= 0.6 is 15.9 Å². The van der Waals surface area contributed by atoms with Crippen LogP contribution in [0.2, 0.25) is 0 Å². The first-order valence-electron chi connectivity index (χ1n) is 6.83. The number of nitrogens with zero attached hydrogens (tertiary/aromatic N) is 1. The van der Waals surface area contributed by atoms with Crippen LogP contribution in [0.1, 0.15) is 30.9 Å². The lowest BCUT2D eigenvalue weighted by molar-refractivity contribution is -0.131. The molecule has 1 rings (SSSR count). The molecule has 116 valence electrons. The second kappa shape index (κ2) is 8.20. The van der Waals surface area contributed by atoms with Crippen LogP contribution in [0.4, 0.5) is 0 Å². The number of hydrogen-bond donors (Lipinski definition) is 1. The highest BCUT2D eigenvalue weighted by Gasteiger charge is 2.11. The Kier molecular flexibility index (Phi) is 6.92. The topological polar surface area (TPSA) is 49.8 Å². The Morgan fingerprint density at radius 3 is 2.62 bits per heavy atom. The summed E-state index contributed by atoms with van der Waals surface area (Å²) in [5, 5.41) is 8.82. The van der Waals surface area contributed by atoms with E-state index in [4.69, 9.17) is 9.84 Å². The minimum atomic E-state index is -0.972. The van der Waals surface area contributed by atoms with Gasteiger partial charge < -0.3 is 14.7 Å². The highest BCUT2D eigenvalue weighted by Crippen LogP contribution is 2.34. The molecule has 0 radical (unpaired) electrons. The zero-order valence-electron chi connectivity index (χ0n) is 12.9. The van der Waals surface area contributed by atoms with E-state index in [1.807, 2.05) is 31.1 Å². The number of carbonyl (C=O) groups is 1. The Labute approximate surface area is 134 Å². The fourth-order valence-electron chi connectivity index (χ4n) is 1.74. The predicted molar refractivity (Wildman–Crippen MR) is 88.9 cm³/mol. The van der Waals surface area contributed by atoms with E-state index in [9.17, 15) is 4.79 Å². The first-order valence-corrected chi connectivity index (χ1v) is 7.62. The molecule has 0 saturated carbocycles. The third-order valence-electron chi connectivity index (χ3n) is 2.95. The standard InChI is InChI=1S/C16H22BrNO3/c1-11(2)13-9-12(5-6-15(19)20)16(14(17)10-13)21-8-7-18(3)4/h5-6,9-11H,7-8H2,1-4H3,(H,19,20)/b6-5+. The van der Waals surface area contributed by atoms with Crippen molar-refractivity contribution in [3.63, 3.8) is 0 Å². The SMILES string of the molecule is CC(C)c1cc(Br)c(OCCN(C)C)c(/C=C/C(=O)O)c1. The molecule has 4 nitrogen and oxygen atoms in total. The van der Waals surface area contributed by atoms with E-state index in [0.717, 1.165) is 28.2 Å². The molecule has 5 heteroatoms. The second-order valence-electron chi connectivity index (χ2n) is 5.40. The van der Waals surface area contributed by atoms with Crippen LogP contribution in [0.5, 0.6) is 5.75 Å². The summed E-state index contributed by atoms with van der Waals surface area (Å²) in [4.78, 5) is 12.8. The fourth-order valence-corrected chi connectivity index (χ4v) is 2.35. The second-order valence-corrected chi connectivity index (χ2v) is 6.25. The smallest absolute Gasteiger partial charge is 0.328 e. The van der Waals surface area contributed by atoms with Crippen LogP contribution in [0.25, 0.3) is 6.08 Å². The van der Waals surface area contributed by atoms with Crippen molar-refractivity contribution in [2.24, 2.45) is 0 Å². The number of carboxylic acids is 1. The summed E-state index contributed by atoms with van der Waals surface area (Å²) < 4.78 is 6.66. The molecule has 0 aliphatic rings. The van der Waals surface area contributed by atoms with Gasteiger partial charge in [0.05, 0.1) is 4.47 Å². The Balaban J connectivity index is 3.10. The highest BCUT2D eigenvalue weighted by molar-refractivity contribution is 9.10. The van der Waals surface area contributed by atoms with Crippen LogP contribution in [0, 0.1) is 0 Å². The average Bonchev–Trinajstić information content (AvgIpc) is 2.37. The molecule has 0 amide bonds. The maximum absolute atomic E-state index is 10.7. The minimum absolute atomic E-state index is 0.356. The molecule has 21 heavy (non-hydrogen) atoms. The van der Waals surface area contributed by atoms with Gasteiger partial charge in [-0.2, -0.15) is 0 Å². The summed E-state index contributed by atoms with van der Waals surface area (Å²) >= 11 is 3.52. The van der Waals surface area contributed by atoms with Crippen molar-refractivity contribution in [3.05, 3.63) is 33.8 Å². The molecule has 0 bridgehead atoms. The molecule has 0 saturated heterocycles. The molecular weight excluding hydrogens is 334 g/mol. The van der Waals surface area contributed by atoms with Crippen molar-refractivity contribution in [1.29, 1.82) is 0 Å². The third-order valence-corrected chi connectivity index (χ3v) is 3.54. The van der Waals surface area contributed by atoms with Gasteiger partial charge in [0, 0.05) is 18.2 Å². The number of likely N-dealkylation sites (N-methyl/N-ethyl adjacent to an activating group) is 1. The summed E-state index contributed by atoms with van der Waals surface area (Å²) in [5.74, 6) is 0.0631. The number of halogens is 1. The largest absolute Gasteiger partial charge is 0.490 e. The van der Waals surface area contributed by atoms with Gasteiger partial charge >= 0.3 is 5.97 Å². The van der Waals surface area contributed by atoms with Crippen LogP contribution in [0.15, 0.2) is 22.7 Å². The van der Waals surface area contributed by atoms with Gasteiger partial charge in [-0.15, -0.1) is 0 Å². The van der Waals surface area contributed by atoms with Crippen molar-refractivity contribution in [2.75, 3.05) is 27.2 Å². The molecule has 0 fully saturated rings. The molecule has 0 aromatic heterocycles. The summed E-state index contributed by atoms with van der Waals surface area (Å²) in [5.41, 5.74) is 1.90. The van der Waals surface area contributed by atoms with E-state index in [-0.39, 0.29) is 0 Å². The Morgan fingerprint density at radius 1 is 1.43 bits per heavy atom. The molecule has 0 unspecified atom stereocenters. The van der Waals surface area contributed by atoms with Gasteiger partial charge in [0.15, 0.2) is 0 Å². The average molecular weight is 356 g/mol. The van der Waals surface area contributed by atoms with E-state index in [0.29, 0.717) is 18.3 Å². The summed E-state index contributed by atoms with van der Waals surface area (Å²) in [7, 11) is 3.96. The number of carboxylic acid groups (broad SMARTS) is 1. The molecule has 0 atom stereocenters. The van der Waals surface area contributed by atoms with Crippen molar-refractivity contribution < 1.29 is 14.6 Å². The van der Waals surface area contributed by atoms with E-state index < -0.39 is 5.97 Å². The van der Waals surface area contributed by atoms with Gasteiger partial charge in [0.1, 0.15) is 12.4 Å². The summed E-state index contributed by atoms with van der Waals surface area (Å²) in [6.07, 6.45) is 2.70. The van der Waals surface area contributed by atoms with Crippen LogP contribution in [0.3, 0.4) is 0 Å². The van der Waals surface area contributed by atoms with Gasteiger partial charge in [-0.1, -0.05) is 13.8 Å². The lowest BCUT2D eigenvalue weighted by Gasteiger charge is -2.16. The quantitative estimate of drug-likeness (QED) is 0.759.